The minimum absolute atomic E-state index is 0.498. The van der Waals surface area contributed by atoms with E-state index in [1.807, 2.05) is 6.07 Å². The molecule has 0 bridgehead atoms. The summed E-state index contributed by atoms with van der Waals surface area (Å²) in [7, 11) is 0. The van der Waals surface area contributed by atoms with Crippen LogP contribution in [0, 0.1) is 41.5 Å². The molecule has 11 rings (SSSR count). The Morgan fingerprint density at radius 2 is 0.736 bits per heavy atom. The minimum atomic E-state index is 0.498. The summed E-state index contributed by atoms with van der Waals surface area (Å²) in [6, 6.07) is 79.7. The summed E-state index contributed by atoms with van der Waals surface area (Å²) in [6.45, 7) is 13.2. The lowest BCUT2D eigenvalue weighted by Gasteiger charge is -2.32. The SMILES string of the molecule is Cc1cc(C)c(N(c2ccc(N(c3nc(-c4cccc(-c5ccccc5)c4)nc(-c4cccc5cccc(-c6ccccc6)c45)n3)c3ccccc3-c3ccccc3)cc2)c2c(C)cc(C)cc2C)c(C)c1. The monoisotopic (exact) mass is 929 g/mol. The standard InChI is InChI=1S/C67H55N5/c1-44-39-46(3)63(47(4)40-44)72(64-48(5)41-45(2)42-49(64)6)57-37-35-56(36-38-57)71(61-34-17-16-31-58(61)51-23-12-8-13-24-51)67-69-65(55-30-18-29-54(43-55)50-21-10-7-11-22-50)68-66(70-67)60-33-20-28-53-27-19-32-59(62(53)60)52-25-14-9-15-26-52/h7-43H,1-6H3. The Hall–Kier alpha value is -8.93. The van der Waals surface area contributed by atoms with Gasteiger partial charge in [0.05, 0.1) is 17.1 Å². The Bertz CT molecular complexity index is 3640. The van der Waals surface area contributed by atoms with Crippen molar-refractivity contribution in [2.45, 2.75) is 41.5 Å². The first-order valence-electron chi connectivity index (χ1n) is 24.7. The third-order valence-electron chi connectivity index (χ3n) is 13.6. The van der Waals surface area contributed by atoms with Crippen LogP contribution < -0.4 is 9.80 Å². The molecular weight excluding hydrogens is 875 g/mol. The summed E-state index contributed by atoms with van der Waals surface area (Å²) < 4.78 is 0. The summed E-state index contributed by atoms with van der Waals surface area (Å²) in [6.07, 6.45) is 0. The maximum Gasteiger partial charge on any atom is 0.238 e. The molecule has 0 amide bonds. The van der Waals surface area contributed by atoms with Crippen molar-refractivity contribution in [3.63, 3.8) is 0 Å². The molecule has 0 radical (unpaired) electrons. The third-order valence-corrected chi connectivity index (χ3v) is 13.6. The second kappa shape index (κ2) is 19.5. The van der Waals surface area contributed by atoms with Crippen molar-refractivity contribution in [1.82, 2.24) is 15.0 Å². The first kappa shape index (κ1) is 45.5. The largest absolute Gasteiger partial charge is 0.309 e. The van der Waals surface area contributed by atoms with E-state index in [9.17, 15) is 0 Å². The van der Waals surface area contributed by atoms with Crippen LogP contribution in [-0.4, -0.2) is 15.0 Å². The molecule has 0 unspecified atom stereocenters. The van der Waals surface area contributed by atoms with Gasteiger partial charge in [0.25, 0.3) is 0 Å². The van der Waals surface area contributed by atoms with E-state index in [1.54, 1.807) is 0 Å². The summed E-state index contributed by atoms with van der Waals surface area (Å²) in [4.78, 5) is 21.2. The minimum Gasteiger partial charge on any atom is -0.309 e. The van der Waals surface area contributed by atoms with Gasteiger partial charge >= 0.3 is 0 Å². The smallest absolute Gasteiger partial charge is 0.238 e. The van der Waals surface area contributed by atoms with Crippen molar-refractivity contribution >= 4 is 45.2 Å². The van der Waals surface area contributed by atoms with Crippen molar-refractivity contribution in [1.29, 1.82) is 0 Å². The highest BCUT2D eigenvalue weighted by Crippen LogP contribution is 2.46. The first-order valence-corrected chi connectivity index (χ1v) is 24.7. The summed E-state index contributed by atoms with van der Waals surface area (Å²) in [5.74, 6) is 1.65. The van der Waals surface area contributed by atoms with Crippen LogP contribution in [0.3, 0.4) is 0 Å². The van der Waals surface area contributed by atoms with E-state index in [2.05, 4.69) is 270 Å². The van der Waals surface area contributed by atoms with E-state index in [0.29, 0.717) is 17.6 Å². The van der Waals surface area contributed by atoms with E-state index >= 15 is 0 Å². The van der Waals surface area contributed by atoms with Crippen molar-refractivity contribution in [2.24, 2.45) is 0 Å². The fraction of sp³-hybridized carbons (Fsp3) is 0.0896. The topological polar surface area (TPSA) is 45.2 Å². The van der Waals surface area contributed by atoms with Gasteiger partial charge in [-0.05, 0) is 133 Å². The zero-order chi connectivity index (χ0) is 49.3. The van der Waals surface area contributed by atoms with Crippen LogP contribution in [0.2, 0.25) is 0 Å². The van der Waals surface area contributed by atoms with Crippen LogP contribution >= 0.6 is 0 Å². The average molecular weight is 930 g/mol. The Morgan fingerprint density at radius 3 is 1.32 bits per heavy atom. The highest BCUT2D eigenvalue weighted by atomic mass is 15.3. The van der Waals surface area contributed by atoms with Crippen LogP contribution in [-0.2, 0) is 0 Å². The number of para-hydroxylation sites is 1. The second-order valence-corrected chi connectivity index (χ2v) is 18.9. The van der Waals surface area contributed by atoms with Crippen LogP contribution in [0.15, 0.2) is 224 Å². The van der Waals surface area contributed by atoms with Gasteiger partial charge in [0, 0.05) is 33.5 Å². The van der Waals surface area contributed by atoms with Gasteiger partial charge in [-0.1, -0.05) is 199 Å². The van der Waals surface area contributed by atoms with Gasteiger partial charge in [-0.25, -0.2) is 4.98 Å². The molecule has 1 aromatic heterocycles. The molecule has 0 aliphatic carbocycles. The Labute approximate surface area is 423 Å². The van der Waals surface area contributed by atoms with Crippen LogP contribution in [0.1, 0.15) is 33.4 Å². The molecule has 1 heterocycles. The molecule has 11 aromatic rings. The molecule has 0 N–H and O–H groups in total. The Balaban J connectivity index is 1.17. The van der Waals surface area contributed by atoms with E-state index in [0.717, 1.165) is 72.3 Å². The maximum absolute atomic E-state index is 5.59. The molecule has 0 atom stereocenters. The quantitative estimate of drug-likeness (QED) is 0.129. The molecule has 0 spiro atoms. The van der Waals surface area contributed by atoms with Gasteiger partial charge in [-0.2, -0.15) is 9.97 Å². The van der Waals surface area contributed by atoms with E-state index < -0.39 is 0 Å². The molecule has 72 heavy (non-hydrogen) atoms. The van der Waals surface area contributed by atoms with Crippen molar-refractivity contribution in [3.8, 4) is 56.2 Å². The number of anilines is 6. The van der Waals surface area contributed by atoms with E-state index in [4.69, 9.17) is 15.0 Å². The number of aryl methyl sites for hydroxylation is 6. The predicted molar refractivity (Wildman–Crippen MR) is 302 cm³/mol. The number of hydrogen-bond donors (Lipinski definition) is 0. The van der Waals surface area contributed by atoms with Crippen LogP contribution in [0.5, 0.6) is 0 Å². The van der Waals surface area contributed by atoms with Gasteiger partial charge in [0.15, 0.2) is 11.6 Å². The Morgan fingerprint density at radius 1 is 0.306 bits per heavy atom. The third kappa shape index (κ3) is 8.82. The molecule has 10 aromatic carbocycles. The van der Waals surface area contributed by atoms with Gasteiger partial charge in [0.1, 0.15) is 0 Å². The molecule has 5 heteroatoms. The lowest BCUT2D eigenvalue weighted by atomic mass is 9.94. The lowest BCUT2D eigenvalue weighted by Crippen LogP contribution is -2.18. The summed E-state index contributed by atoms with van der Waals surface area (Å²) in [5, 5.41) is 2.18. The summed E-state index contributed by atoms with van der Waals surface area (Å²) in [5.41, 5.74) is 21.0. The Kier molecular flexibility index (Phi) is 12.3. The predicted octanol–water partition coefficient (Wildman–Crippen LogP) is 18.1. The van der Waals surface area contributed by atoms with Gasteiger partial charge < -0.3 is 4.90 Å². The molecule has 0 fully saturated rings. The number of fused-ring (bicyclic) bond motifs is 1. The number of rotatable bonds is 11. The zero-order valence-corrected chi connectivity index (χ0v) is 41.6. The van der Waals surface area contributed by atoms with E-state index in [-0.39, 0.29) is 0 Å². The average Bonchev–Trinajstić information content (AvgIpc) is 3.41. The highest BCUT2D eigenvalue weighted by molar-refractivity contribution is 6.06. The van der Waals surface area contributed by atoms with Crippen LogP contribution in [0.25, 0.3) is 66.9 Å². The van der Waals surface area contributed by atoms with Crippen molar-refractivity contribution in [2.75, 3.05) is 9.80 Å². The molecule has 5 nitrogen and oxygen atoms in total. The molecule has 0 aliphatic rings. The molecule has 0 saturated heterocycles. The van der Waals surface area contributed by atoms with Crippen molar-refractivity contribution < 1.29 is 0 Å². The number of benzene rings is 10. The van der Waals surface area contributed by atoms with E-state index in [1.165, 1.54) is 44.8 Å². The van der Waals surface area contributed by atoms with Gasteiger partial charge in [0.2, 0.25) is 5.95 Å². The molecule has 0 aliphatic heterocycles. The highest BCUT2D eigenvalue weighted by Gasteiger charge is 2.26. The van der Waals surface area contributed by atoms with Gasteiger partial charge in [-0.15, -0.1) is 0 Å². The number of hydrogen-bond acceptors (Lipinski definition) is 5. The summed E-state index contributed by atoms with van der Waals surface area (Å²) >= 11 is 0. The number of nitrogens with zero attached hydrogens (tertiary/aromatic N) is 5. The van der Waals surface area contributed by atoms with Crippen molar-refractivity contribution in [3.05, 3.63) is 258 Å². The lowest BCUT2D eigenvalue weighted by molar-refractivity contribution is 1.02. The molecular formula is C67H55N5. The van der Waals surface area contributed by atoms with Gasteiger partial charge in [-0.3, -0.25) is 4.90 Å². The zero-order valence-electron chi connectivity index (χ0n) is 41.6. The van der Waals surface area contributed by atoms with Crippen LogP contribution in [0.4, 0.5) is 34.4 Å². The fourth-order valence-corrected chi connectivity index (χ4v) is 10.6. The second-order valence-electron chi connectivity index (χ2n) is 18.9. The molecule has 0 saturated carbocycles. The molecule has 348 valence electrons. The first-order chi connectivity index (χ1) is 35.2. The normalized spacial score (nSPS) is 11.2. The number of aromatic nitrogens is 3. The maximum atomic E-state index is 5.59. The fourth-order valence-electron chi connectivity index (χ4n) is 10.6.